The molecule has 0 saturated carbocycles. The third-order valence-electron chi connectivity index (χ3n) is 1.93. The number of carbonyl (C=O) groups excluding carboxylic acids is 1. The Labute approximate surface area is 85.7 Å². The normalized spacial score (nSPS) is 12.3. The van der Waals surface area contributed by atoms with Crippen LogP contribution in [0.25, 0.3) is 0 Å². The van der Waals surface area contributed by atoms with Gasteiger partial charge in [0.25, 0.3) is 0 Å². The lowest BCUT2D eigenvalue weighted by molar-refractivity contribution is -0.131. The van der Waals surface area contributed by atoms with E-state index in [1.807, 2.05) is 6.92 Å². The van der Waals surface area contributed by atoms with Crippen molar-refractivity contribution in [1.29, 1.82) is 0 Å². The van der Waals surface area contributed by atoms with E-state index < -0.39 is 0 Å². The zero-order valence-corrected chi connectivity index (χ0v) is 9.25. The lowest BCUT2D eigenvalue weighted by Gasteiger charge is -2.20. The van der Waals surface area contributed by atoms with Gasteiger partial charge in [0.15, 0.2) is 0 Å². The fourth-order valence-corrected chi connectivity index (χ4v) is 1.11. The van der Waals surface area contributed by atoms with Gasteiger partial charge in [-0.2, -0.15) is 0 Å². The van der Waals surface area contributed by atoms with Crippen molar-refractivity contribution >= 4 is 5.91 Å². The number of likely N-dealkylation sites (N-methyl/N-ethyl adjacent to an activating group) is 1. The van der Waals surface area contributed by atoms with Crippen LogP contribution in [0.15, 0.2) is 12.2 Å². The number of nitrogens with two attached hydrogens (primary N) is 1. The number of nitrogens with zero attached hydrogens (tertiary/aromatic N) is 1. The van der Waals surface area contributed by atoms with E-state index in [1.165, 1.54) is 0 Å². The van der Waals surface area contributed by atoms with Crippen molar-refractivity contribution in [3.8, 4) is 0 Å². The van der Waals surface area contributed by atoms with Gasteiger partial charge in [0.1, 0.15) is 0 Å². The highest BCUT2D eigenvalue weighted by Gasteiger charge is 2.14. The first kappa shape index (κ1) is 13.1. The molecule has 1 unspecified atom stereocenters. The van der Waals surface area contributed by atoms with E-state index >= 15 is 0 Å². The molecule has 0 aromatic rings. The van der Waals surface area contributed by atoms with Gasteiger partial charge in [0.05, 0.1) is 12.5 Å². The molecule has 1 amide bonds. The van der Waals surface area contributed by atoms with Gasteiger partial charge in [-0.1, -0.05) is 12.2 Å². The van der Waals surface area contributed by atoms with Crippen LogP contribution in [-0.2, 0) is 9.53 Å². The number of hydrogen-bond acceptors (Lipinski definition) is 3. The minimum Gasteiger partial charge on any atom is -0.380 e. The highest BCUT2D eigenvalue weighted by atomic mass is 16.5. The van der Waals surface area contributed by atoms with Crippen LogP contribution in [0.3, 0.4) is 0 Å². The van der Waals surface area contributed by atoms with E-state index in [1.54, 1.807) is 19.1 Å². The van der Waals surface area contributed by atoms with Crippen molar-refractivity contribution in [2.45, 2.75) is 19.4 Å². The maximum atomic E-state index is 11.6. The summed E-state index contributed by atoms with van der Waals surface area (Å²) in [5.74, 6) is 0.0327. The maximum absolute atomic E-state index is 11.6. The third kappa shape index (κ3) is 4.99. The Hall–Kier alpha value is -0.870. The summed E-state index contributed by atoms with van der Waals surface area (Å²) in [4.78, 5) is 13.2. The number of rotatable bonds is 6. The molecule has 0 aliphatic heterocycles. The molecule has 0 fully saturated rings. The fraction of sp³-hybridized carbons (Fsp3) is 0.700. The van der Waals surface area contributed by atoms with Gasteiger partial charge in [-0.15, -0.1) is 0 Å². The topological polar surface area (TPSA) is 55.6 Å². The molecule has 0 aromatic heterocycles. The molecular weight excluding hydrogens is 180 g/mol. The van der Waals surface area contributed by atoms with Crippen molar-refractivity contribution in [3.63, 3.8) is 0 Å². The SMILES string of the molecule is C=C(C)CN(C)C(=O)CC(CN)OC. The average Bonchev–Trinajstić information content (AvgIpc) is 2.12. The first-order chi connectivity index (χ1) is 6.51. The van der Waals surface area contributed by atoms with Gasteiger partial charge in [-0.05, 0) is 6.92 Å². The van der Waals surface area contributed by atoms with Crippen LogP contribution < -0.4 is 5.73 Å². The molecule has 0 radical (unpaired) electrons. The molecular formula is C10H20N2O2. The molecule has 0 aliphatic carbocycles. The summed E-state index contributed by atoms with van der Waals surface area (Å²) in [5, 5.41) is 0. The molecule has 2 N–H and O–H groups in total. The monoisotopic (exact) mass is 200 g/mol. The van der Waals surface area contributed by atoms with Gasteiger partial charge in [0.2, 0.25) is 5.91 Å². The molecule has 4 heteroatoms. The first-order valence-electron chi connectivity index (χ1n) is 4.62. The predicted molar refractivity (Wildman–Crippen MR) is 56.9 cm³/mol. The highest BCUT2D eigenvalue weighted by molar-refractivity contribution is 5.76. The lowest BCUT2D eigenvalue weighted by atomic mass is 10.2. The second kappa shape index (κ2) is 6.56. The molecule has 0 saturated heterocycles. The maximum Gasteiger partial charge on any atom is 0.225 e. The summed E-state index contributed by atoms with van der Waals surface area (Å²) in [6, 6.07) is 0. The summed E-state index contributed by atoms with van der Waals surface area (Å²) >= 11 is 0. The van der Waals surface area contributed by atoms with Crippen molar-refractivity contribution in [1.82, 2.24) is 4.90 Å². The Morgan fingerprint density at radius 1 is 1.64 bits per heavy atom. The summed E-state index contributed by atoms with van der Waals surface area (Å²) in [6.07, 6.45) is 0.145. The lowest BCUT2D eigenvalue weighted by Crippen LogP contribution is -2.34. The molecule has 0 rings (SSSR count). The quantitative estimate of drug-likeness (QED) is 0.631. The summed E-state index contributed by atoms with van der Waals surface area (Å²) in [6.45, 7) is 6.58. The van der Waals surface area contributed by atoms with Gasteiger partial charge in [-0.25, -0.2) is 0 Å². The molecule has 0 spiro atoms. The summed E-state index contributed by atoms with van der Waals surface area (Å²) in [7, 11) is 3.31. The molecule has 1 atom stereocenters. The van der Waals surface area contributed by atoms with Crippen LogP contribution in [0.5, 0.6) is 0 Å². The zero-order valence-electron chi connectivity index (χ0n) is 9.25. The van der Waals surface area contributed by atoms with Crippen molar-refractivity contribution < 1.29 is 9.53 Å². The predicted octanol–water partition coefficient (Wildman–Crippen LogP) is 0.385. The fourth-order valence-electron chi connectivity index (χ4n) is 1.11. The van der Waals surface area contributed by atoms with Crippen LogP contribution in [-0.4, -0.2) is 44.2 Å². The number of carbonyl (C=O) groups is 1. The van der Waals surface area contributed by atoms with E-state index in [0.29, 0.717) is 19.5 Å². The van der Waals surface area contributed by atoms with E-state index in [2.05, 4.69) is 6.58 Å². The Morgan fingerprint density at radius 3 is 2.57 bits per heavy atom. The molecule has 14 heavy (non-hydrogen) atoms. The van der Waals surface area contributed by atoms with Crippen molar-refractivity contribution in [3.05, 3.63) is 12.2 Å². The molecule has 0 aromatic carbocycles. The zero-order chi connectivity index (χ0) is 11.1. The Morgan fingerprint density at radius 2 is 2.21 bits per heavy atom. The van der Waals surface area contributed by atoms with Crippen molar-refractivity contribution in [2.24, 2.45) is 5.73 Å². The highest BCUT2D eigenvalue weighted by Crippen LogP contribution is 2.01. The summed E-state index contributed by atoms with van der Waals surface area (Å²) in [5.41, 5.74) is 6.38. The van der Waals surface area contributed by atoms with Crippen LogP contribution in [0.1, 0.15) is 13.3 Å². The largest absolute Gasteiger partial charge is 0.380 e. The van der Waals surface area contributed by atoms with E-state index in [9.17, 15) is 4.79 Å². The van der Waals surface area contributed by atoms with Gasteiger partial charge in [0, 0.05) is 27.2 Å². The number of ether oxygens (including phenoxy) is 1. The van der Waals surface area contributed by atoms with E-state index in [-0.39, 0.29) is 12.0 Å². The second-order valence-corrected chi connectivity index (χ2v) is 3.50. The van der Waals surface area contributed by atoms with Gasteiger partial charge >= 0.3 is 0 Å². The van der Waals surface area contributed by atoms with E-state index in [0.717, 1.165) is 5.57 Å². The first-order valence-corrected chi connectivity index (χ1v) is 4.62. The van der Waals surface area contributed by atoms with Gasteiger partial charge < -0.3 is 15.4 Å². The third-order valence-corrected chi connectivity index (χ3v) is 1.93. The number of methoxy groups -OCH3 is 1. The molecule has 0 aliphatic rings. The smallest absolute Gasteiger partial charge is 0.225 e. The van der Waals surface area contributed by atoms with Gasteiger partial charge in [-0.3, -0.25) is 4.79 Å². The van der Waals surface area contributed by atoms with Crippen LogP contribution in [0, 0.1) is 0 Å². The Kier molecular flexibility index (Phi) is 6.16. The standard InChI is InChI=1S/C10H20N2O2/c1-8(2)7-12(3)10(13)5-9(6-11)14-4/h9H,1,5-7,11H2,2-4H3. The Balaban J connectivity index is 3.99. The average molecular weight is 200 g/mol. The van der Waals surface area contributed by atoms with Crippen molar-refractivity contribution in [2.75, 3.05) is 27.2 Å². The number of hydrogen-bond donors (Lipinski definition) is 1. The molecule has 0 heterocycles. The number of amides is 1. The minimum absolute atomic E-state index is 0.0327. The van der Waals surface area contributed by atoms with Crippen LogP contribution in [0.2, 0.25) is 0 Å². The minimum atomic E-state index is -0.185. The van der Waals surface area contributed by atoms with E-state index in [4.69, 9.17) is 10.5 Å². The van der Waals surface area contributed by atoms with Crippen LogP contribution >= 0.6 is 0 Å². The molecule has 4 nitrogen and oxygen atoms in total. The molecule has 0 bridgehead atoms. The molecule has 82 valence electrons. The van der Waals surface area contributed by atoms with Crippen LogP contribution in [0.4, 0.5) is 0 Å². The Bertz CT molecular complexity index is 200. The second-order valence-electron chi connectivity index (χ2n) is 3.50. The summed E-state index contributed by atoms with van der Waals surface area (Å²) < 4.78 is 5.03.